The van der Waals surface area contributed by atoms with Gasteiger partial charge in [-0.05, 0) is 18.2 Å². The van der Waals surface area contributed by atoms with Crippen molar-refractivity contribution in [3.05, 3.63) is 41.9 Å². The Labute approximate surface area is 142 Å². The van der Waals surface area contributed by atoms with Gasteiger partial charge in [-0.1, -0.05) is 11.3 Å². The number of fused-ring (bicyclic) bond motifs is 1. The molecule has 0 aliphatic carbocycles. The molecule has 0 saturated carbocycles. The van der Waals surface area contributed by atoms with Crippen molar-refractivity contribution in [1.82, 2.24) is 30.5 Å². The third-order valence-corrected chi connectivity index (χ3v) is 4.31. The Balaban J connectivity index is 1.74. The summed E-state index contributed by atoms with van der Waals surface area (Å²) in [6, 6.07) is 6.44. The summed E-state index contributed by atoms with van der Waals surface area (Å²) in [6.07, 6.45) is 0.682. The monoisotopic (exact) mass is 342 g/mol. The molecule has 1 aliphatic heterocycles. The first-order chi connectivity index (χ1) is 12.2. The molecule has 2 unspecified atom stereocenters. The predicted octanol–water partition coefficient (Wildman–Crippen LogP) is 1.68. The molecule has 4 rings (SSSR count). The van der Waals surface area contributed by atoms with Crippen molar-refractivity contribution < 1.29 is 13.9 Å². The maximum absolute atomic E-state index is 14.0. The lowest BCUT2D eigenvalue weighted by Crippen LogP contribution is -2.32. The van der Waals surface area contributed by atoms with E-state index < -0.39 is 12.2 Å². The second kappa shape index (κ2) is 6.08. The summed E-state index contributed by atoms with van der Waals surface area (Å²) < 4.78 is 19.3. The van der Waals surface area contributed by atoms with Gasteiger partial charge in [0.1, 0.15) is 17.4 Å². The molecular weight excluding hydrogens is 327 g/mol. The van der Waals surface area contributed by atoms with Crippen molar-refractivity contribution in [3.63, 3.8) is 0 Å². The molecule has 9 heteroatoms. The number of H-pyrrole nitrogens is 1. The summed E-state index contributed by atoms with van der Waals surface area (Å²) in [5, 5.41) is 14.4. The van der Waals surface area contributed by atoms with Crippen LogP contribution in [0.2, 0.25) is 0 Å². The molecule has 128 valence electrons. The van der Waals surface area contributed by atoms with E-state index in [2.05, 4.69) is 25.6 Å². The summed E-state index contributed by atoms with van der Waals surface area (Å²) in [5.74, 6) is 0.496. The van der Waals surface area contributed by atoms with Gasteiger partial charge < -0.3 is 9.64 Å². The molecule has 1 saturated heterocycles. The fourth-order valence-electron chi connectivity index (χ4n) is 3.17. The first-order valence-electron chi connectivity index (χ1n) is 7.78. The summed E-state index contributed by atoms with van der Waals surface area (Å²) >= 11 is 0. The Morgan fingerprint density at radius 1 is 1.44 bits per heavy atom. The minimum absolute atomic E-state index is 0.00850. The van der Waals surface area contributed by atoms with Crippen LogP contribution in [0.25, 0.3) is 10.9 Å². The molecule has 1 N–H and O–H groups in total. The third kappa shape index (κ3) is 2.67. The number of carbonyl (C=O) groups excluding carboxylic acids is 1. The molecule has 25 heavy (non-hydrogen) atoms. The predicted molar refractivity (Wildman–Crippen MR) is 85.8 cm³/mol. The highest BCUT2D eigenvalue weighted by Gasteiger charge is 2.39. The second-order valence-electron chi connectivity index (χ2n) is 5.83. The van der Waals surface area contributed by atoms with E-state index in [-0.39, 0.29) is 18.9 Å². The molecule has 3 aromatic rings. The summed E-state index contributed by atoms with van der Waals surface area (Å²) in [5.41, 5.74) is 1.07. The number of amides is 1. The number of hydrogen-bond donors (Lipinski definition) is 1. The van der Waals surface area contributed by atoms with Gasteiger partial charge in [-0.3, -0.25) is 9.78 Å². The Hall–Kier alpha value is -3.10. The van der Waals surface area contributed by atoms with E-state index in [9.17, 15) is 9.18 Å². The number of methoxy groups -OCH3 is 1. The van der Waals surface area contributed by atoms with Crippen molar-refractivity contribution in [1.29, 1.82) is 0 Å². The average molecular weight is 342 g/mol. The van der Waals surface area contributed by atoms with Gasteiger partial charge in [0.2, 0.25) is 0 Å². The molecule has 0 spiro atoms. The fourth-order valence-corrected chi connectivity index (χ4v) is 3.17. The van der Waals surface area contributed by atoms with Crippen molar-refractivity contribution in [2.24, 2.45) is 0 Å². The minimum atomic E-state index is -1.13. The first kappa shape index (κ1) is 15.4. The Morgan fingerprint density at radius 2 is 2.32 bits per heavy atom. The zero-order chi connectivity index (χ0) is 17.4. The Bertz CT molecular complexity index is 916. The first-order valence-corrected chi connectivity index (χ1v) is 7.78. The number of likely N-dealkylation sites (tertiary alicyclic amines) is 1. The van der Waals surface area contributed by atoms with E-state index in [1.54, 1.807) is 24.4 Å². The number of nitrogens with one attached hydrogen (secondary N) is 1. The number of ether oxygens (including phenoxy) is 1. The highest BCUT2D eigenvalue weighted by atomic mass is 19.1. The molecule has 8 nitrogen and oxygen atoms in total. The lowest BCUT2D eigenvalue weighted by Gasteiger charge is -2.22. The lowest BCUT2D eigenvalue weighted by atomic mass is 10.1. The van der Waals surface area contributed by atoms with E-state index in [1.807, 2.05) is 6.07 Å². The number of carbonyl (C=O) groups is 1. The van der Waals surface area contributed by atoms with Crippen LogP contribution < -0.4 is 4.74 Å². The van der Waals surface area contributed by atoms with Crippen LogP contribution in [0.15, 0.2) is 30.5 Å². The number of pyridine rings is 1. The van der Waals surface area contributed by atoms with Crippen molar-refractivity contribution in [2.75, 3.05) is 13.7 Å². The average Bonchev–Trinajstić information content (AvgIpc) is 3.29. The van der Waals surface area contributed by atoms with Crippen LogP contribution in [0.3, 0.4) is 0 Å². The Kier molecular flexibility index (Phi) is 3.75. The van der Waals surface area contributed by atoms with Crippen molar-refractivity contribution in [2.45, 2.75) is 18.6 Å². The van der Waals surface area contributed by atoms with Crippen LogP contribution >= 0.6 is 0 Å². The van der Waals surface area contributed by atoms with Gasteiger partial charge in [0.25, 0.3) is 5.91 Å². The number of nitrogens with zero attached hydrogens (tertiary/aromatic N) is 5. The molecule has 3 heterocycles. The molecule has 1 amide bonds. The largest absolute Gasteiger partial charge is 0.494 e. The van der Waals surface area contributed by atoms with E-state index in [4.69, 9.17) is 4.74 Å². The molecule has 1 aromatic carbocycles. The molecule has 1 aliphatic rings. The second-order valence-corrected chi connectivity index (χ2v) is 5.83. The standard InChI is InChI=1S/C16H15FN6O2/c1-25-13-6-10(5-9-3-2-4-18-14(9)13)16(24)23-8-11(17)7-12(23)15-19-21-22-20-15/h2-6,11-12H,7-8H2,1H3,(H,19,20,21,22). The number of tetrazole rings is 1. The molecule has 0 bridgehead atoms. The SMILES string of the molecule is COc1cc(C(=O)N2CC(F)CC2c2nn[nH]n2)cc2cccnc12. The van der Waals surface area contributed by atoms with Crippen LogP contribution in [-0.2, 0) is 0 Å². The topological polar surface area (TPSA) is 96.9 Å². The Morgan fingerprint density at radius 3 is 3.08 bits per heavy atom. The number of halogens is 1. The van der Waals surface area contributed by atoms with Gasteiger partial charge in [0.15, 0.2) is 5.82 Å². The number of aromatic nitrogens is 5. The number of rotatable bonds is 3. The molecular formula is C16H15FN6O2. The zero-order valence-corrected chi connectivity index (χ0v) is 13.4. The van der Waals surface area contributed by atoms with Crippen LogP contribution in [-0.4, -0.2) is 56.2 Å². The summed E-state index contributed by atoms with van der Waals surface area (Å²) in [4.78, 5) is 18.7. The van der Waals surface area contributed by atoms with Gasteiger partial charge in [-0.25, -0.2) is 4.39 Å². The molecule has 2 aromatic heterocycles. The lowest BCUT2D eigenvalue weighted by molar-refractivity contribution is 0.0722. The molecule has 2 atom stereocenters. The highest BCUT2D eigenvalue weighted by Crippen LogP contribution is 2.34. The molecule has 1 fully saturated rings. The summed E-state index contributed by atoms with van der Waals surface area (Å²) in [6.45, 7) is -0.00850. The molecule has 0 radical (unpaired) electrons. The maximum Gasteiger partial charge on any atom is 0.254 e. The van der Waals surface area contributed by atoms with Crippen LogP contribution in [0.5, 0.6) is 5.75 Å². The number of hydrogen-bond acceptors (Lipinski definition) is 6. The van der Waals surface area contributed by atoms with Crippen LogP contribution in [0.1, 0.15) is 28.6 Å². The van der Waals surface area contributed by atoms with Gasteiger partial charge in [-0.2, -0.15) is 5.21 Å². The van der Waals surface area contributed by atoms with E-state index in [1.165, 1.54) is 12.0 Å². The zero-order valence-electron chi connectivity index (χ0n) is 13.4. The van der Waals surface area contributed by atoms with Gasteiger partial charge in [0, 0.05) is 23.6 Å². The van der Waals surface area contributed by atoms with Gasteiger partial charge in [-0.15, -0.1) is 10.2 Å². The van der Waals surface area contributed by atoms with Crippen molar-refractivity contribution >= 4 is 16.8 Å². The normalized spacial score (nSPS) is 20.2. The van der Waals surface area contributed by atoms with Gasteiger partial charge >= 0.3 is 0 Å². The van der Waals surface area contributed by atoms with E-state index >= 15 is 0 Å². The quantitative estimate of drug-likeness (QED) is 0.778. The minimum Gasteiger partial charge on any atom is -0.494 e. The van der Waals surface area contributed by atoms with E-state index in [0.717, 1.165) is 5.39 Å². The number of benzene rings is 1. The number of aromatic amines is 1. The fraction of sp³-hybridized carbons (Fsp3) is 0.312. The van der Waals surface area contributed by atoms with Crippen molar-refractivity contribution in [3.8, 4) is 5.75 Å². The van der Waals surface area contributed by atoms with Gasteiger partial charge in [0.05, 0.1) is 19.7 Å². The highest BCUT2D eigenvalue weighted by molar-refractivity contribution is 6.00. The van der Waals surface area contributed by atoms with Crippen LogP contribution in [0.4, 0.5) is 4.39 Å². The van der Waals surface area contributed by atoms with E-state index in [0.29, 0.717) is 22.7 Å². The smallest absolute Gasteiger partial charge is 0.254 e. The summed E-state index contributed by atoms with van der Waals surface area (Å²) in [7, 11) is 1.52. The third-order valence-electron chi connectivity index (χ3n) is 4.31. The number of alkyl halides is 1. The maximum atomic E-state index is 14.0. The van der Waals surface area contributed by atoms with Crippen LogP contribution in [0, 0.1) is 0 Å².